The van der Waals surface area contributed by atoms with Gasteiger partial charge >= 0.3 is 0 Å². The molecule has 5 nitrogen and oxygen atoms in total. The minimum Gasteiger partial charge on any atom is -0.346 e. The van der Waals surface area contributed by atoms with Crippen molar-refractivity contribution in [3.05, 3.63) is 30.1 Å². The predicted octanol–water partition coefficient (Wildman–Crippen LogP) is 2.33. The first-order valence-corrected chi connectivity index (χ1v) is 6.54. The minimum atomic E-state index is -0.109. The van der Waals surface area contributed by atoms with E-state index in [4.69, 9.17) is 5.73 Å². The molecule has 1 amide bonds. The van der Waals surface area contributed by atoms with Gasteiger partial charge in [0.05, 0.1) is 17.1 Å². The van der Waals surface area contributed by atoms with Crippen LogP contribution in [0.1, 0.15) is 31.6 Å². The van der Waals surface area contributed by atoms with Gasteiger partial charge in [-0.1, -0.05) is 12.1 Å². The van der Waals surface area contributed by atoms with E-state index in [1.165, 1.54) is 0 Å². The zero-order valence-corrected chi connectivity index (χ0v) is 13.8. The Balaban J connectivity index is 0.00000200. The number of amides is 1. The van der Waals surface area contributed by atoms with Crippen molar-refractivity contribution in [3.8, 4) is 0 Å². The highest BCUT2D eigenvalue weighted by Crippen LogP contribution is 2.19. The number of rotatable bonds is 5. The fourth-order valence-corrected chi connectivity index (χ4v) is 2.19. The van der Waals surface area contributed by atoms with Crippen LogP contribution in [-0.4, -0.2) is 22.0 Å². The van der Waals surface area contributed by atoms with Gasteiger partial charge in [0.2, 0.25) is 5.91 Å². The van der Waals surface area contributed by atoms with Crippen molar-refractivity contribution in [1.82, 2.24) is 14.9 Å². The molecule has 0 spiro atoms. The molecule has 21 heavy (non-hydrogen) atoms. The molecule has 0 aliphatic carbocycles. The number of nitrogens with two attached hydrogens (primary N) is 1. The number of nitrogens with one attached hydrogen (secondary N) is 1. The Bertz CT molecular complexity index is 585. The Morgan fingerprint density at radius 1 is 1.38 bits per heavy atom. The number of para-hydroxylation sites is 2. The maximum Gasteiger partial charge on any atom is 0.220 e. The average Bonchev–Trinajstić information content (AvgIpc) is 2.74. The van der Waals surface area contributed by atoms with Crippen molar-refractivity contribution in [3.63, 3.8) is 0 Å². The number of carbonyl (C=O) groups excluding carboxylic acids is 1. The summed E-state index contributed by atoms with van der Waals surface area (Å²) in [4.78, 5) is 16.3. The highest BCUT2D eigenvalue weighted by Gasteiger charge is 2.15. The van der Waals surface area contributed by atoms with Crippen molar-refractivity contribution >= 4 is 41.8 Å². The van der Waals surface area contributed by atoms with Gasteiger partial charge in [-0.25, -0.2) is 4.98 Å². The molecular weight excluding hydrogens is 311 g/mol. The molecule has 0 aliphatic rings. The van der Waals surface area contributed by atoms with Crippen LogP contribution in [0.15, 0.2) is 24.3 Å². The highest BCUT2D eigenvalue weighted by atomic mass is 35.5. The number of carbonyl (C=O) groups is 1. The molecule has 0 bridgehead atoms. The standard InChI is InChI=1S/C14H20N4O.2ClH/c1-10(16-13(19)8-5-9-15)14-17-11-6-3-4-7-12(11)18(14)2;;/h3-4,6-7,10H,5,8-9,15H2,1-2H3,(H,16,19);2*1H. The fraction of sp³-hybridized carbons (Fsp3) is 0.429. The Kier molecular flexibility index (Phi) is 8.32. The van der Waals surface area contributed by atoms with Crippen molar-refractivity contribution in [1.29, 1.82) is 0 Å². The number of nitrogens with zero attached hydrogens (tertiary/aromatic N) is 2. The van der Waals surface area contributed by atoms with Crippen LogP contribution in [0.4, 0.5) is 0 Å². The van der Waals surface area contributed by atoms with E-state index in [0.717, 1.165) is 16.9 Å². The summed E-state index contributed by atoms with van der Waals surface area (Å²) in [6, 6.07) is 7.83. The third kappa shape index (κ3) is 4.59. The van der Waals surface area contributed by atoms with Crippen molar-refractivity contribution in [2.75, 3.05) is 6.54 Å². The van der Waals surface area contributed by atoms with E-state index in [1.54, 1.807) is 0 Å². The van der Waals surface area contributed by atoms with Crippen LogP contribution >= 0.6 is 24.8 Å². The van der Waals surface area contributed by atoms with Crippen molar-refractivity contribution in [2.45, 2.75) is 25.8 Å². The smallest absolute Gasteiger partial charge is 0.220 e. The SMILES string of the molecule is CC(NC(=O)CCCN)c1nc2ccccc2n1C.Cl.Cl. The first-order chi connectivity index (χ1) is 9.13. The van der Waals surface area contributed by atoms with Crippen LogP contribution in [-0.2, 0) is 11.8 Å². The zero-order valence-electron chi connectivity index (χ0n) is 12.2. The molecule has 0 radical (unpaired) electrons. The number of halogens is 2. The van der Waals surface area contributed by atoms with Gasteiger partial charge in [0, 0.05) is 13.5 Å². The first kappa shape index (κ1) is 19.7. The summed E-state index contributed by atoms with van der Waals surface area (Å²) in [5, 5.41) is 2.95. The largest absolute Gasteiger partial charge is 0.346 e. The van der Waals surface area contributed by atoms with E-state index in [0.29, 0.717) is 19.4 Å². The highest BCUT2D eigenvalue weighted by molar-refractivity contribution is 5.85. The van der Waals surface area contributed by atoms with E-state index in [9.17, 15) is 4.79 Å². The number of fused-ring (bicyclic) bond motifs is 1. The number of aryl methyl sites for hydroxylation is 1. The lowest BCUT2D eigenvalue weighted by atomic mass is 10.2. The molecule has 1 aromatic carbocycles. The fourth-order valence-electron chi connectivity index (χ4n) is 2.19. The lowest BCUT2D eigenvalue weighted by Crippen LogP contribution is -2.28. The van der Waals surface area contributed by atoms with Gasteiger partial charge in [-0.2, -0.15) is 0 Å². The van der Waals surface area contributed by atoms with Gasteiger partial charge in [-0.15, -0.1) is 24.8 Å². The Morgan fingerprint density at radius 2 is 2.05 bits per heavy atom. The van der Waals surface area contributed by atoms with E-state index >= 15 is 0 Å². The second-order valence-electron chi connectivity index (χ2n) is 4.70. The normalized spacial score (nSPS) is 11.4. The molecule has 2 aromatic rings. The van der Waals surface area contributed by atoms with Gasteiger partial charge in [-0.3, -0.25) is 4.79 Å². The van der Waals surface area contributed by atoms with Crippen molar-refractivity contribution < 1.29 is 4.79 Å². The summed E-state index contributed by atoms with van der Waals surface area (Å²) < 4.78 is 2.02. The Hall–Kier alpha value is -1.30. The first-order valence-electron chi connectivity index (χ1n) is 6.54. The van der Waals surface area contributed by atoms with E-state index in [1.807, 2.05) is 42.8 Å². The molecule has 1 atom stereocenters. The summed E-state index contributed by atoms with van der Waals surface area (Å²) in [5.74, 6) is 0.882. The van der Waals surface area contributed by atoms with Crippen LogP contribution in [0.25, 0.3) is 11.0 Å². The molecule has 0 aliphatic heterocycles. The van der Waals surface area contributed by atoms with Crippen LogP contribution in [0.3, 0.4) is 0 Å². The summed E-state index contributed by atoms with van der Waals surface area (Å²) in [7, 11) is 1.97. The molecule has 1 unspecified atom stereocenters. The van der Waals surface area contributed by atoms with Crippen LogP contribution in [0.5, 0.6) is 0 Å². The second kappa shape index (κ2) is 8.87. The zero-order chi connectivity index (χ0) is 13.8. The number of hydrogen-bond acceptors (Lipinski definition) is 3. The average molecular weight is 333 g/mol. The van der Waals surface area contributed by atoms with E-state index in [2.05, 4.69) is 10.3 Å². The molecule has 1 aromatic heterocycles. The van der Waals surface area contributed by atoms with Crippen molar-refractivity contribution in [2.24, 2.45) is 12.8 Å². The molecule has 1 heterocycles. The van der Waals surface area contributed by atoms with Gasteiger partial charge in [0.1, 0.15) is 5.82 Å². The van der Waals surface area contributed by atoms with Crippen LogP contribution in [0.2, 0.25) is 0 Å². The maximum atomic E-state index is 11.7. The van der Waals surface area contributed by atoms with Gasteiger partial charge in [-0.05, 0) is 32.0 Å². The third-order valence-corrected chi connectivity index (χ3v) is 3.19. The number of hydrogen-bond donors (Lipinski definition) is 2. The van der Waals surface area contributed by atoms with Crippen LogP contribution in [0, 0.1) is 0 Å². The van der Waals surface area contributed by atoms with Gasteiger partial charge in [0.15, 0.2) is 0 Å². The molecule has 2 rings (SSSR count). The topological polar surface area (TPSA) is 72.9 Å². The third-order valence-electron chi connectivity index (χ3n) is 3.19. The molecule has 3 N–H and O–H groups in total. The van der Waals surface area contributed by atoms with E-state index < -0.39 is 0 Å². The molecule has 118 valence electrons. The molecule has 7 heteroatoms. The number of aromatic nitrogens is 2. The monoisotopic (exact) mass is 332 g/mol. The summed E-state index contributed by atoms with van der Waals surface area (Å²) in [6.45, 7) is 2.48. The Morgan fingerprint density at radius 3 is 2.67 bits per heavy atom. The van der Waals surface area contributed by atoms with E-state index in [-0.39, 0.29) is 36.8 Å². The summed E-state index contributed by atoms with van der Waals surface area (Å²) in [6.07, 6.45) is 1.17. The summed E-state index contributed by atoms with van der Waals surface area (Å²) in [5.41, 5.74) is 7.41. The van der Waals surface area contributed by atoms with Gasteiger partial charge in [0.25, 0.3) is 0 Å². The summed E-state index contributed by atoms with van der Waals surface area (Å²) >= 11 is 0. The van der Waals surface area contributed by atoms with Crippen LogP contribution < -0.4 is 11.1 Å². The molecule has 0 fully saturated rings. The lowest BCUT2D eigenvalue weighted by Gasteiger charge is -2.13. The Labute approximate surface area is 137 Å². The molecular formula is C14H22Cl2N4O. The number of imidazole rings is 1. The lowest BCUT2D eigenvalue weighted by molar-refractivity contribution is -0.121. The minimum absolute atomic E-state index is 0. The predicted molar refractivity (Wildman–Crippen MR) is 90.1 cm³/mol. The maximum absolute atomic E-state index is 11.7. The van der Waals surface area contributed by atoms with Gasteiger partial charge < -0.3 is 15.6 Å². The number of benzene rings is 1. The second-order valence-corrected chi connectivity index (χ2v) is 4.70. The quantitative estimate of drug-likeness (QED) is 0.882. The molecule has 0 saturated heterocycles. The molecule has 0 saturated carbocycles.